The Morgan fingerprint density at radius 1 is 1.31 bits per heavy atom. The van der Waals surface area contributed by atoms with E-state index in [1.54, 1.807) is 19.2 Å². The summed E-state index contributed by atoms with van der Waals surface area (Å²) in [5, 5.41) is 16.2. The fourth-order valence-corrected chi connectivity index (χ4v) is 3.02. The SMILES string of the molecule is Cc1ccn(-c2c(F)cc(Cl)cc2-c2cnc([C@@H](C)NC(=O)N(C)O)c(F)c2)n1. The van der Waals surface area contributed by atoms with Crippen LogP contribution in [0.2, 0.25) is 5.02 Å². The summed E-state index contributed by atoms with van der Waals surface area (Å²) < 4.78 is 30.8. The highest BCUT2D eigenvalue weighted by molar-refractivity contribution is 6.31. The molecule has 10 heteroatoms. The van der Waals surface area contributed by atoms with Crippen molar-refractivity contribution in [2.24, 2.45) is 0 Å². The summed E-state index contributed by atoms with van der Waals surface area (Å²) in [6, 6.07) is 3.92. The van der Waals surface area contributed by atoms with Crippen LogP contribution in [0.4, 0.5) is 13.6 Å². The molecule has 7 nitrogen and oxygen atoms in total. The minimum Gasteiger partial charge on any atom is -0.328 e. The van der Waals surface area contributed by atoms with E-state index in [1.807, 2.05) is 0 Å². The van der Waals surface area contributed by atoms with Gasteiger partial charge in [-0.3, -0.25) is 10.2 Å². The molecule has 0 saturated heterocycles. The van der Waals surface area contributed by atoms with E-state index in [0.717, 1.165) is 13.1 Å². The standard InChI is InChI=1S/C19H18ClF2N5O2/c1-10-4-5-27(25-10)18-14(7-13(20)8-16(18)22)12-6-15(21)17(23-9-12)11(2)24-19(28)26(3)29/h4-9,11,29H,1-3H3,(H,24,28)/t11-/m1/s1. The fraction of sp³-hybridized carbons (Fsp3) is 0.211. The first-order valence-corrected chi connectivity index (χ1v) is 8.95. The van der Waals surface area contributed by atoms with Crippen molar-refractivity contribution in [3.8, 4) is 16.8 Å². The van der Waals surface area contributed by atoms with Crippen molar-refractivity contribution in [3.63, 3.8) is 0 Å². The number of pyridine rings is 1. The third kappa shape index (κ3) is 4.36. The second-order valence-electron chi connectivity index (χ2n) is 6.47. The number of halogens is 3. The molecule has 0 radical (unpaired) electrons. The van der Waals surface area contributed by atoms with Crippen LogP contribution in [-0.4, -0.2) is 38.1 Å². The molecular formula is C19H18ClF2N5O2. The summed E-state index contributed by atoms with van der Waals surface area (Å²) in [6.07, 6.45) is 2.95. The average Bonchev–Trinajstić information content (AvgIpc) is 3.06. The van der Waals surface area contributed by atoms with E-state index in [9.17, 15) is 13.6 Å². The van der Waals surface area contributed by atoms with Gasteiger partial charge in [-0.15, -0.1) is 0 Å². The van der Waals surface area contributed by atoms with Crippen molar-refractivity contribution in [1.82, 2.24) is 25.1 Å². The van der Waals surface area contributed by atoms with Gasteiger partial charge in [0.05, 0.1) is 17.4 Å². The second-order valence-corrected chi connectivity index (χ2v) is 6.91. The Morgan fingerprint density at radius 2 is 2.03 bits per heavy atom. The van der Waals surface area contributed by atoms with Gasteiger partial charge in [0.1, 0.15) is 11.5 Å². The maximum Gasteiger partial charge on any atom is 0.341 e. The summed E-state index contributed by atoms with van der Waals surface area (Å²) in [5.74, 6) is -1.33. The molecule has 0 aliphatic rings. The van der Waals surface area contributed by atoms with E-state index in [1.165, 1.54) is 29.9 Å². The van der Waals surface area contributed by atoms with E-state index in [2.05, 4.69) is 15.4 Å². The molecule has 0 aliphatic heterocycles. The first kappa shape index (κ1) is 20.7. The molecule has 3 rings (SSSR count). The van der Waals surface area contributed by atoms with Crippen LogP contribution >= 0.6 is 11.6 Å². The number of amides is 2. The smallest absolute Gasteiger partial charge is 0.328 e. The Labute approximate surface area is 170 Å². The van der Waals surface area contributed by atoms with Gasteiger partial charge in [-0.1, -0.05) is 11.6 Å². The molecule has 0 saturated carbocycles. The number of benzene rings is 1. The molecule has 2 N–H and O–H groups in total. The number of carbonyl (C=O) groups excluding carboxylic acids is 1. The topological polar surface area (TPSA) is 83.3 Å². The van der Waals surface area contributed by atoms with Crippen LogP contribution in [0.25, 0.3) is 16.8 Å². The molecular weight excluding hydrogens is 404 g/mol. The Bertz CT molecular complexity index is 1070. The number of carbonyl (C=O) groups is 1. The third-order valence-electron chi connectivity index (χ3n) is 4.20. The normalized spacial score (nSPS) is 12.0. The van der Waals surface area contributed by atoms with Crippen molar-refractivity contribution in [2.45, 2.75) is 19.9 Å². The van der Waals surface area contributed by atoms with Gasteiger partial charge in [0.25, 0.3) is 0 Å². The molecule has 2 aromatic heterocycles. The Morgan fingerprint density at radius 3 is 2.62 bits per heavy atom. The lowest BCUT2D eigenvalue weighted by molar-refractivity contribution is -0.0193. The van der Waals surface area contributed by atoms with Gasteiger partial charge in [0.2, 0.25) is 0 Å². The summed E-state index contributed by atoms with van der Waals surface area (Å²) in [6.45, 7) is 3.28. The first-order chi connectivity index (χ1) is 13.7. The molecule has 152 valence electrons. The van der Waals surface area contributed by atoms with Crippen LogP contribution in [0.5, 0.6) is 0 Å². The zero-order valence-corrected chi connectivity index (χ0v) is 16.6. The fourth-order valence-electron chi connectivity index (χ4n) is 2.82. The van der Waals surface area contributed by atoms with Crippen molar-refractivity contribution in [3.05, 3.63) is 64.7 Å². The second kappa shape index (κ2) is 8.14. The van der Waals surface area contributed by atoms with Crippen molar-refractivity contribution in [2.75, 3.05) is 7.05 Å². The number of nitrogens with one attached hydrogen (secondary N) is 1. The summed E-state index contributed by atoms with van der Waals surface area (Å²) in [4.78, 5) is 15.6. The maximum atomic E-state index is 14.7. The minimum absolute atomic E-state index is 0.0390. The molecule has 2 heterocycles. The van der Waals surface area contributed by atoms with Crippen LogP contribution in [0.1, 0.15) is 24.4 Å². The lowest BCUT2D eigenvalue weighted by Gasteiger charge is -2.18. The predicted molar refractivity (Wildman–Crippen MR) is 103 cm³/mol. The van der Waals surface area contributed by atoms with E-state index >= 15 is 0 Å². The third-order valence-corrected chi connectivity index (χ3v) is 4.42. The van der Waals surface area contributed by atoms with Gasteiger partial charge >= 0.3 is 6.03 Å². The van der Waals surface area contributed by atoms with Crippen LogP contribution < -0.4 is 5.32 Å². The molecule has 29 heavy (non-hydrogen) atoms. The summed E-state index contributed by atoms with van der Waals surface area (Å²) in [7, 11) is 1.14. The number of nitrogens with zero attached hydrogens (tertiary/aromatic N) is 4. The van der Waals surface area contributed by atoms with Gasteiger partial charge in [0, 0.05) is 35.6 Å². The number of rotatable bonds is 4. The van der Waals surface area contributed by atoms with Gasteiger partial charge in [-0.05, 0) is 38.1 Å². The van der Waals surface area contributed by atoms with E-state index in [4.69, 9.17) is 16.8 Å². The van der Waals surface area contributed by atoms with Crippen LogP contribution in [-0.2, 0) is 0 Å². The highest BCUT2D eigenvalue weighted by Gasteiger charge is 2.20. The van der Waals surface area contributed by atoms with Crippen LogP contribution in [0, 0.1) is 18.6 Å². The van der Waals surface area contributed by atoms with Crippen molar-refractivity contribution < 1.29 is 18.8 Å². The van der Waals surface area contributed by atoms with Crippen LogP contribution in [0.3, 0.4) is 0 Å². The number of aryl methyl sites for hydroxylation is 1. The van der Waals surface area contributed by atoms with Gasteiger partial charge in [0.15, 0.2) is 5.82 Å². The Balaban J connectivity index is 2.04. The average molecular weight is 422 g/mol. The molecule has 1 atom stereocenters. The molecule has 2 amide bonds. The van der Waals surface area contributed by atoms with E-state index in [-0.39, 0.29) is 22.0 Å². The quantitative estimate of drug-likeness (QED) is 0.487. The monoisotopic (exact) mass is 421 g/mol. The van der Waals surface area contributed by atoms with Gasteiger partial charge < -0.3 is 5.32 Å². The molecule has 0 bridgehead atoms. The lowest BCUT2D eigenvalue weighted by atomic mass is 10.0. The molecule has 0 aliphatic carbocycles. The number of hydrogen-bond acceptors (Lipinski definition) is 4. The van der Waals surface area contributed by atoms with Crippen LogP contribution in [0.15, 0.2) is 36.7 Å². The minimum atomic E-state index is -0.810. The zero-order valence-electron chi connectivity index (χ0n) is 15.8. The Kier molecular flexibility index (Phi) is 5.81. The molecule has 1 aromatic carbocycles. The molecule has 3 aromatic rings. The molecule has 0 unspecified atom stereocenters. The van der Waals surface area contributed by atoms with E-state index < -0.39 is 23.7 Å². The highest BCUT2D eigenvalue weighted by Crippen LogP contribution is 2.33. The molecule has 0 fully saturated rings. The number of urea groups is 1. The Hall–Kier alpha value is -3.04. The van der Waals surface area contributed by atoms with Crippen molar-refractivity contribution >= 4 is 17.6 Å². The summed E-state index contributed by atoms with van der Waals surface area (Å²) in [5.41, 5.74) is 1.35. The lowest BCUT2D eigenvalue weighted by Crippen LogP contribution is -2.37. The highest BCUT2D eigenvalue weighted by atomic mass is 35.5. The molecule has 0 spiro atoms. The first-order valence-electron chi connectivity index (χ1n) is 8.58. The zero-order chi connectivity index (χ0) is 21.3. The largest absolute Gasteiger partial charge is 0.341 e. The van der Waals surface area contributed by atoms with Crippen molar-refractivity contribution in [1.29, 1.82) is 0 Å². The van der Waals surface area contributed by atoms with Gasteiger partial charge in [-0.25, -0.2) is 23.3 Å². The summed E-state index contributed by atoms with van der Waals surface area (Å²) >= 11 is 6.01. The maximum absolute atomic E-state index is 14.7. The predicted octanol–water partition coefficient (Wildman–Crippen LogP) is 4.27. The number of hydroxylamine groups is 2. The van der Waals surface area contributed by atoms with Gasteiger partial charge in [-0.2, -0.15) is 5.10 Å². The number of aromatic nitrogens is 3. The number of hydrogen-bond donors (Lipinski definition) is 2. The van der Waals surface area contributed by atoms with E-state index in [0.29, 0.717) is 16.3 Å².